The summed E-state index contributed by atoms with van der Waals surface area (Å²) >= 11 is 0. The van der Waals surface area contributed by atoms with Crippen molar-refractivity contribution < 1.29 is 4.74 Å². The van der Waals surface area contributed by atoms with Gasteiger partial charge in [-0.2, -0.15) is 4.98 Å². The molecule has 26 heavy (non-hydrogen) atoms. The summed E-state index contributed by atoms with van der Waals surface area (Å²) in [7, 11) is 0. The third kappa shape index (κ3) is 3.51. The van der Waals surface area contributed by atoms with E-state index in [1.807, 2.05) is 0 Å². The van der Waals surface area contributed by atoms with Gasteiger partial charge in [0, 0.05) is 12.5 Å². The Morgan fingerprint density at radius 2 is 1.73 bits per heavy atom. The largest absolute Gasteiger partial charge is 0.461 e. The van der Waals surface area contributed by atoms with Gasteiger partial charge in [-0.15, -0.1) is 0 Å². The molecule has 6 nitrogen and oxygen atoms in total. The van der Waals surface area contributed by atoms with Crippen LogP contribution in [0.25, 0.3) is 11.2 Å². The molecule has 2 aromatic rings. The summed E-state index contributed by atoms with van der Waals surface area (Å²) in [6.45, 7) is 2.70. The van der Waals surface area contributed by atoms with Gasteiger partial charge in [0.1, 0.15) is 11.9 Å². The summed E-state index contributed by atoms with van der Waals surface area (Å²) in [6.07, 6.45) is 12.9. The first-order chi connectivity index (χ1) is 12.8. The molecule has 2 aromatic heterocycles. The molecule has 0 amide bonds. The van der Waals surface area contributed by atoms with Crippen molar-refractivity contribution in [3.63, 3.8) is 0 Å². The molecule has 2 saturated carbocycles. The highest BCUT2D eigenvalue weighted by atomic mass is 16.5. The van der Waals surface area contributed by atoms with Crippen molar-refractivity contribution in [2.45, 2.75) is 96.1 Å². The molecule has 1 N–H and O–H groups in total. The zero-order valence-electron chi connectivity index (χ0n) is 15.8. The number of nitrogens with zero attached hydrogens (tertiary/aromatic N) is 3. The topological polar surface area (TPSA) is 72.8 Å². The van der Waals surface area contributed by atoms with Gasteiger partial charge < -0.3 is 9.72 Å². The first-order valence-electron chi connectivity index (χ1n) is 10.4. The summed E-state index contributed by atoms with van der Waals surface area (Å²) in [5, 5.41) is 0. The molecule has 2 fully saturated rings. The van der Waals surface area contributed by atoms with Crippen LogP contribution < -0.4 is 10.3 Å². The zero-order chi connectivity index (χ0) is 17.9. The van der Waals surface area contributed by atoms with Crippen molar-refractivity contribution in [3.05, 3.63) is 16.2 Å². The lowest BCUT2D eigenvalue weighted by Crippen LogP contribution is -2.28. The lowest BCUT2D eigenvalue weighted by atomic mass is 9.89. The molecular formula is C20H30N4O2. The van der Waals surface area contributed by atoms with Crippen LogP contribution in [0, 0.1) is 0 Å². The minimum absolute atomic E-state index is 0.0442. The third-order valence-electron chi connectivity index (χ3n) is 5.86. The summed E-state index contributed by atoms with van der Waals surface area (Å²) in [6, 6.07) is 0.456. The number of nitrogens with one attached hydrogen (secondary N) is 1. The van der Waals surface area contributed by atoms with Crippen LogP contribution in [-0.2, 0) is 6.54 Å². The standard InChI is InChI=1S/C20H30N4O2/c1-2-13-24-19(25)16-18(22-17(21-16)14-9-5-3-6-10-14)23-20(24)26-15-11-7-4-8-12-15/h14-15H,2-13H2,1H3,(H,21,22). The van der Waals surface area contributed by atoms with E-state index >= 15 is 0 Å². The van der Waals surface area contributed by atoms with Crippen LogP contribution >= 0.6 is 0 Å². The number of aromatic amines is 1. The molecule has 142 valence electrons. The highest BCUT2D eigenvalue weighted by Gasteiger charge is 2.23. The Labute approximate surface area is 154 Å². The molecule has 0 unspecified atom stereocenters. The van der Waals surface area contributed by atoms with Gasteiger partial charge in [0.2, 0.25) is 0 Å². The van der Waals surface area contributed by atoms with Gasteiger partial charge in [0.25, 0.3) is 5.56 Å². The van der Waals surface area contributed by atoms with Gasteiger partial charge in [0.15, 0.2) is 11.2 Å². The van der Waals surface area contributed by atoms with E-state index in [2.05, 4.69) is 16.9 Å². The quantitative estimate of drug-likeness (QED) is 0.865. The molecule has 0 radical (unpaired) electrons. The normalized spacial score (nSPS) is 19.9. The minimum Gasteiger partial charge on any atom is -0.461 e. The number of ether oxygens (including phenoxy) is 1. The van der Waals surface area contributed by atoms with Gasteiger partial charge in [-0.3, -0.25) is 9.36 Å². The summed E-state index contributed by atoms with van der Waals surface area (Å²) in [5.74, 6) is 1.36. The number of hydrogen-bond donors (Lipinski definition) is 1. The van der Waals surface area contributed by atoms with E-state index in [0.717, 1.165) is 37.9 Å². The maximum atomic E-state index is 13.0. The molecule has 2 heterocycles. The number of aromatic nitrogens is 4. The Bertz CT molecular complexity index is 798. The number of H-pyrrole nitrogens is 1. The Morgan fingerprint density at radius 3 is 2.42 bits per heavy atom. The molecule has 0 bridgehead atoms. The van der Waals surface area contributed by atoms with E-state index < -0.39 is 0 Å². The molecule has 2 aliphatic rings. The molecule has 0 atom stereocenters. The highest BCUT2D eigenvalue weighted by molar-refractivity contribution is 5.70. The van der Waals surface area contributed by atoms with E-state index in [9.17, 15) is 4.79 Å². The van der Waals surface area contributed by atoms with Crippen LogP contribution in [0.15, 0.2) is 4.79 Å². The second-order valence-electron chi connectivity index (χ2n) is 7.88. The van der Waals surface area contributed by atoms with E-state index in [4.69, 9.17) is 9.72 Å². The molecule has 0 saturated heterocycles. The van der Waals surface area contributed by atoms with Gasteiger partial charge in [-0.05, 0) is 44.9 Å². The molecule has 0 spiro atoms. The fourth-order valence-electron chi connectivity index (χ4n) is 4.40. The lowest BCUT2D eigenvalue weighted by molar-refractivity contribution is 0.133. The first kappa shape index (κ1) is 17.6. The van der Waals surface area contributed by atoms with Crippen molar-refractivity contribution in [1.82, 2.24) is 19.5 Å². The van der Waals surface area contributed by atoms with Crippen LogP contribution in [0.1, 0.15) is 89.3 Å². The van der Waals surface area contributed by atoms with Gasteiger partial charge in [-0.25, -0.2) is 4.98 Å². The smallest absolute Gasteiger partial charge is 0.301 e. The monoisotopic (exact) mass is 358 g/mol. The molecule has 2 aliphatic carbocycles. The van der Waals surface area contributed by atoms with Crippen molar-refractivity contribution in [2.24, 2.45) is 0 Å². The lowest BCUT2D eigenvalue weighted by Gasteiger charge is -2.23. The van der Waals surface area contributed by atoms with Gasteiger partial charge in [0.05, 0.1) is 0 Å². The van der Waals surface area contributed by atoms with E-state index in [0.29, 0.717) is 29.6 Å². The average Bonchev–Trinajstić information content (AvgIpc) is 3.11. The van der Waals surface area contributed by atoms with Crippen molar-refractivity contribution in [3.8, 4) is 6.01 Å². The Morgan fingerprint density at radius 1 is 1.04 bits per heavy atom. The van der Waals surface area contributed by atoms with Crippen LogP contribution in [0.5, 0.6) is 6.01 Å². The second kappa shape index (κ2) is 7.80. The Kier molecular flexibility index (Phi) is 5.27. The van der Waals surface area contributed by atoms with Crippen molar-refractivity contribution in [2.75, 3.05) is 0 Å². The summed E-state index contributed by atoms with van der Waals surface area (Å²) in [5.41, 5.74) is 1.01. The number of fused-ring (bicyclic) bond motifs is 1. The Balaban J connectivity index is 1.70. The van der Waals surface area contributed by atoms with Gasteiger partial charge in [-0.1, -0.05) is 32.6 Å². The predicted octanol–water partition coefficient (Wildman–Crippen LogP) is 4.29. The minimum atomic E-state index is -0.0442. The number of rotatable bonds is 5. The fraction of sp³-hybridized carbons (Fsp3) is 0.750. The summed E-state index contributed by atoms with van der Waals surface area (Å²) in [4.78, 5) is 25.7. The molecule has 0 aliphatic heterocycles. The average molecular weight is 358 g/mol. The predicted molar refractivity (Wildman–Crippen MR) is 102 cm³/mol. The number of hydrogen-bond acceptors (Lipinski definition) is 4. The van der Waals surface area contributed by atoms with Gasteiger partial charge >= 0.3 is 6.01 Å². The maximum Gasteiger partial charge on any atom is 0.301 e. The van der Waals surface area contributed by atoms with Crippen LogP contribution in [0.3, 0.4) is 0 Å². The second-order valence-corrected chi connectivity index (χ2v) is 7.88. The summed E-state index contributed by atoms with van der Waals surface area (Å²) < 4.78 is 7.87. The molecule has 6 heteroatoms. The van der Waals surface area contributed by atoms with Crippen LogP contribution in [0.4, 0.5) is 0 Å². The Hall–Kier alpha value is -1.85. The molecular weight excluding hydrogens is 328 g/mol. The van der Waals surface area contributed by atoms with Crippen LogP contribution in [-0.4, -0.2) is 25.6 Å². The third-order valence-corrected chi connectivity index (χ3v) is 5.86. The SMILES string of the molecule is CCCn1c(OC2CCCCC2)nc2nc(C3CCCCC3)[nH]c2c1=O. The number of imidazole rings is 1. The van der Waals surface area contributed by atoms with E-state index in [-0.39, 0.29) is 11.7 Å². The van der Waals surface area contributed by atoms with Crippen LogP contribution in [0.2, 0.25) is 0 Å². The molecule has 0 aromatic carbocycles. The van der Waals surface area contributed by atoms with E-state index in [1.165, 1.54) is 38.5 Å². The van der Waals surface area contributed by atoms with Crippen molar-refractivity contribution in [1.29, 1.82) is 0 Å². The first-order valence-corrected chi connectivity index (χ1v) is 10.4. The van der Waals surface area contributed by atoms with Crippen molar-refractivity contribution >= 4 is 11.2 Å². The van der Waals surface area contributed by atoms with E-state index in [1.54, 1.807) is 4.57 Å². The highest BCUT2D eigenvalue weighted by Crippen LogP contribution is 2.31. The fourth-order valence-corrected chi connectivity index (χ4v) is 4.40. The molecule has 4 rings (SSSR count). The zero-order valence-corrected chi connectivity index (χ0v) is 15.8. The maximum absolute atomic E-state index is 13.0.